The third-order valence-corrected chi connectivity index (χ3v) is 4.35. The molecule has 1 heterocycles. The third kappa shape index (κ3) is 3.26. The summed E-state index contributed by atoms with van der Waals surface area (Å²) in [6.45, 7) is 5.72. The zero-order chi connectivity index (χ0) is 18.1. The van der Waals surface area contributed by atoms with E-state index in [1.54, 1.807) is 12.1 Å². The molecule has 0 aliphatic heterocycles. The van der Waals surface area contributed by atoms with Gasteiger partial charge in [-0.05, 0) is 55.7 Å². The van der Waals surface area contributed by atoms with E-state index in [0.717, 1.165) is 22.1 Å². The maximum absolute atomic E-state index is 12.3. The van der Waals surface area contributed by atoms with E-state index in [2.05, 4.69) is 0 Å². The quantitative estimate of drug-likeness (QED) is 0.448. The fraction of sp³-hybridized carbons (Fsp3) is 0.200. The highest BCUT2D eigenvalue weighted by Gasteiger charge is 2.14. The van der Waals surface area contributed by atoms with Gasteiger partial charge in [0.15, 0.2) is 0 Å². The van der Waals surface area contributed by atoms with E-state index >= 15 is 0 Å². The number of carbonyl (C=O) groups is 1. The number of para-hydroxylation sites is 1. The molecule has 3 rings (SSSR count). The highest BCUT2D eigenvalue weighted by atomic mass is 16.5. The van der Waals surface area contributed by atoms with Gasteiger partial charge in [0.25, 0.3) is 0 Å². The summed E-state index contributed by atoms with van der Waals surface area (Å²) in [6.07, 6.45) is 0. The third-order valence-electron chi connectivity index (χ3n) is 4.35. The highest BCUT2D eigenvalue weighted by Crippen LogP contribution is 2.23. The standard InChI is InChI=1S/C20H19NO4/c1-11-5-4-6-15(19(11)21)20(23)24-10-14-9-18(22)25-17-8-13(3)12(2)7-16(14)17/h4-9H,10,21H2,1-3H3. The first-order chi connectivity index (χ1) is 11.9. The van der Waals surface area contributed by atoms with Crippen LogP contribution in [0.3, 0.4) is 0 Å². The number of rotatable bonds is 3. The van der Waals surface area contributed by atoms with Gasteiger partial charge in [0.2, 0.25) is 0 Å². The lowest BCUT2D eigenvalue weighted by molar-refractivity contribution is 0.0475. The average molecular weight is 337 g/mol. The molecule has 0 bridgehead atoms. The minimum absolute atomic E-state index is 0.0309. The van der Waals surface area contributed by atoms with Crippen molar-refractivity contribution in [2.45, 2.75) is 27.4 Å². The second kappa shape index (κ2) is 6.43. The summed E-state index contributed by atoms with van der Waals surface area (Å²) in [5, 5.41) is 0.757. The average Bonchev–Trinajstić information content (AvgIpc) is 2.56. The lowest BCUT2D eigenvalue weighted by Crippen LogP contribution is -2.10. The Morgan fingerprint density at radius 2 is 1.80 bits per heavy atom. The number of hydrogen-bond donors (Lipinski definition) is 1. The zero-order valence-electron chi connectivity index (χ0n) is 14.4. The topological polar surface area (TPSA) is 82.5 Å². The Balaban J connectivity index is 1.93. The predicted octanol–water partition coefficient (Wildman–Crippen LogP) is 3.66. The van der Waals surface area contributed by atoms with Crippen molar-refractivity contribution in [2.24, 2.45) is 0 Å². The van der Waals surface area contributed by atoms with Gasteiger partial charge in [-0.3, -0.25) is 0 Å². The predicted molar refractivity (Wildman–Crippen MR) is 96.7 cm³/mol. The molecule has 128 valence electrons. The molecule has 0 saturated heterocycles. The molecule has 0 aliphatic carbocycles. The van der Waals surface area contributed by atoms with Crippen molar-refractivity contribution in [2.75, 3.05) is 5.73 Å². The van der Waals surface area contributed by atoms with Crippen molar-refractivity contribution in [3.63, 3.8) is 0 Å². The van der Waals surface area contributed by atoms with E-state index in [-0.39, 0.29) is 6.61 Å². The van der Waals surface area contributed by atoms with Crippen LogP contribution in [0.25, 0.3) is 11.0 Å². The van der Waals surface area contributed by atoms with E-state index in [1.807, 2.05) is 39.0 Å². The van der Waals surface area contributed by atoms with Crippen LogP contribution in [0.5, 0.6) is 0 Å². The summed E-state index contributed by atoms with van der Waals surface area (Å²) in [6, 6.07) is 10.3. The van der Waals surface area contributed by atoms with Crippen LogP contribution in [0, 0.1) is 20.8 Å². The van der Waals surface area contributed by atoms with Crippen LogP contribution in [-0.2, 0) is 11.3 Å². The Bertz CT molecular complexity index is 1030. The molecule has 3 aromatic rings. The molecule has 0 unspecified atom stereocenters. The van der Waals surface area contributed by atoms with E-state index < -0.39 is 11.6 Å². The molecule has 0 spiro atoms. The van der Waals surface area contributed by atoms with Crippen LogP contribution < -0.4 is 11.4 Å². The van der Waals surface area contributed by atoms with E-state index in [4.69, 9.17) is 14.9 Å². The molecule has 0 saturated carbocycles. The van der Waals surface area contributed by atoms with Gasteiger partial charge >= 0.3 is 11.6 Å². The first-order valence-electron chi connectivity index (χ1n) is 7.93. The van der Waals surface area contributed by atoms with Crippen molar-refractivity contribution in [3.8, 4) is 0 Å². The Hall–Kier alpha value is -3.08. The Morgan fingerprint density at radius 1 is 1.08 bits per heavy atom. The largest absolute Gasteiger partial charge is 0.457 e. The van der Waals surface area contributed by atoms with Crippen LogP contribution in [0.2, 0.25) is 0 Å². The number of carbonyl (C=O) groups excluding carboxylic acids is 1. The molecule has 0 fully saturated rings. The van der Waals surface area contributed by atoms with Crippen molar-refractivity contribution in [1.82, 2.24) is 0 Å². The normalized spacial score (nSPS) is 10.8. The number of fused-ring (bicyclic) bond motifs is 1. The summed E-state index contributed by atoms with van der Waals surface area (Å²) < 4.78 is 10.6. The molecule has 0 amide bonds. The molecule has 5 heteroatoms. The molecule has 5 nitrogen and oxygen atoms in total. The number of aryl methyl sites for hydroxylation is 3. The summed E-state index contributed by atoms with van der Waals surface area (Å²) in [5.74, 6) is -0.522. The van der Waals surface area contributed by atoms with Crippen LogP contribution in [0.4, 0.5) is 5.69 Å². The van der Waals surface area contributed by atoms with Gasteiger partial charge in [-0.1, -0.05) is 12.1 Å². The van der Waals surface area contributed by atoms with E-state index in [0.29, 0.717) is 22.4 Å². The Labute approximate surface area is 145 Å². The number of nitrogen functional groups attached to an aromatic ring is 1. The fourth-order valence-electron chi connectivity index (χ4n) is 2.68. The van der Waals surface area contributed by atoms with Crippen molar-refractivity contribution >= 4 is 22.6 Å². The molecular formula is C20H19NO4. The second-order valence-corrected chi connectivity index (χ2v) is 6.14. The molecule has 1 aromatic heterocycles. The first-order valence-corrected chi connectivity index (χ1v) is 7.93. The lowest BCUT2D eigenvalue weighted by atomic mass is 10.0. The number of hydrogen-bond acceptors (Lipinski definition) is 5. The molecule has 2 aromatic carbocycles. The minimum atomic E-state index is -0.522. The van der Waals surface area contributed by atoms with E-state index in [1.165, 1.54) is 6.07 Å². The summed E-state index contributed by atoms with van der Waals surface area (Å²) >= 11 is 0. The molecule has 25 heavy (non-hydrogen) atoms. The van der Waals surface area contributed by atoms with Gasteiger partial charge in [-0.2, -0.15) is 0 Å². The number of ether oxygens (including phenoxy) is 1. The fourth-order valence-corrected chi connectivity index (χ4v) is 2.68. The van der Waals surface area contributed by atoms with Crippen molar-refractivity contribution in [1.29, 1.82) is 0 Å². The Morgan fingerprint density at radius 3 is 2.56 bits per heavy atom. The lowest BCUT2D eigenvalue weighted by Gasteiger charge is -2.11. The Kier molecular flexibility index (Phi) is 4.31. The van der Waals surface area contributed by atoms with E-state index in [9.17, 15) is 9.59 Å². The van der Waals surface area contributed by atoms with Gasteiger partial charge in [0.1, 0.15) is 12.2 Å². The highest BCUT2D eigenvalue weighted by molar-refractivity contribution is 5.96. The monoisotopic (exact) mass is 337 g/mol. The smallest absolute Gasteiger partial charge is 0.340 e. The number of esters is 1. The van der Waals surface area contributed by atoms with Gasteiger partial charge in [-0.15, -0.1) is 0 Å². The van der Waals surface area contributed by atoms with Crippen molar-refractivity contribution < 1.29 is 13.9 Å². The van der Waals surface area contributed by atoms with Gasteiger partial charge in [0.05, 0.1) is 5.56 Å². The summed E-state index contributed by atoms with van der Waals surface area (Å²) in [5.41, 5.74) is 10.2. The number of benzene rings is 2. The SMILES string of the molecule is Cc1cc2oc(=O)cc(COC(=O)c3cccc(C)c3N)c2cc1C. The molecular weight excluding hydrogens is 318 g/mol. The summed E-state index contributed by atoms with van der Waals surface area (Å²) in [4.78, 5) is 24.1. The molecule has 0 aliphatic rings. The van der Waals surface area contributed by atoms with Crippen LogP contribution >= 0.6 is 0 Å². The molecule has 2 N–H and O–H groups in total. The van der Waals surface area contributed by atoms with Crippen LogP contribution in [0.1, 0.15) is 32.6 Å². The number of nitrogens with two attached hydrogens (primary N) is 1. The summed E-state index contributed by atoms with van der Waals surface area (Å²) in [7, 11) is 0. The van der Waals surface area contributed by atoms with Gasteiger partial charge in [-0.25, -0.2) is 9.59 Å². The minimum Gasteiger partial charge on any atom is -0.457 e. The first kappa shape index (κ1) is 16.8. The maximum atomic E-state index is 12.3. The molecule has 0 radical (unpaired) electrons. The van der Waals surface area contributed by atoms with Gasteiger partial charge < -0.3 is 14.9 Å². The molecule has 0 atom stereocenters. The van der Waals surface area contributed by atoms with Gasteiger partial charge in [0, 0.05) is 22.7 Å². The van der Waals surface area contributed by atoms with Crippen LogP contribution in [0.15, 0.2) is 45.6 Å². The van der Waals surface area contributed by atoms with Crippen molar-refractivity contribution in [3.05, 3.63) is 74.6 Å². The van der Waals surface area contributed by atoms with Crippen LogP contribution in [-0.4, -0.2) is 5.97 Å². The maximum Gasteiger partial charge on any atom is 0.340 e. The zero-order valence-corrected chi connectivity index (χ0v) is 14.4. The second-order valence-electron chi connectivity index (χ2n) is 6.14. The number of anilines is 1.